The van der Waals surface area contributed by atoms with Crippen LogP contribution < -0.4 is 0 Å². The number of ketones is 1. The number of rotatable bonds is 2. The zero-order chi connectivity index (χ0) is 16.0. The standard InChI is InChI=1S/C16H24O5/c1-9-5-6-11(17)15(2)8-7-10(13(18)12(9)15)16(3,20)14(19)21-4/h5-6,9-12,17,20H,7-8H2,1-4H3/t9-,10+,11-,12-,15+,16-/m0/s1. The number of Topliss-reactive ketones (excluding diaryl/α,β-unsaturated/α-hetero) is 1. The molecule has 5 nitrogen and oxygen atoms in total. The van der Waals surface area contributed by atoms with Gasteiger partial charge in [0.15, 0.2) is 5.60 Å². The quantitative estimate of drug-likeness (QED) is 0.588. The van der Waals surface area contributed by atoms with Gasteiger partial charge in [-0.05, 0) is 25.7 Å². The summed E-state index contributed by atoms with van der Waals surface area (Å²) < 4.78 is 4.62. The van der Waals surface area contributed by atoms with E-state index in [-0.39, 0.29) is 11.7 Å². The number of hydrogen-bond acceptors (Lipinski definition) is 5. The molecule has 6 atom stereocenters. The van der Waals surface area contributed by atoms with E-state index < -0.39 is 34.9 Å². The molecule has 1 fully saturated rings. The maximum Gasteiger partial charge on any atom is 0.338 e. The molecule has 2 rings (SSSR count). The van der Waals surface area contributed by atoms with Crippen molar-refractivity contribution in [2.75, 3.05) is 7.11 Å². The van der Waals surface area contributed by atoms with Crippen molar-refractivity contribution >= 4 is 11.8 Å². The van der Waals surface area contributed by atoms with Crippen LogP contribution in [0.5, 0.6) is 0 Å². The predicted molar refractivity (Wildman–Crippen MR) is 76.3 cm³/mol. The van der Waals surface area contributed by atoms with Gasteiger partial charge in [0, 0.05) is 11.3 Å². The molecule has 0 aromatic rings. The van der Waals surface area contributed by atoms with E-state index >= 15 is 0 Å². The minimum absolute atomic E-state index is 0.0258. The van der Waals surface area contributed by atoms with E-state index in [2.05, 4.69) is 4.74 Å². The van der Waals surface area contributed by atoms with Gasteiger partial charge in [-0.2, -0.15) is 0 Å². The second kappa shape index (κ2) is 5.21. The number of hydrogen-bond donors (Lipinski definition) is 2. The molecule has 0 radical (unpaired) electrons. The zero-order valence-corrected chi connectivity index (χ0v) is 13.0. The molecular formula is C16H24O5. The number of esters is 1. The summed E-state index contributed by atoms with van der Waals surface area (Å²) in [5.41, 5.74) is -2.35. The first-order valence-electron chi connectivity index (χ1n) is 7.37. The van der Waals surface area contributed by atoms with Gasteiger partial charge in [-0.3, -0.25) is 4.79 Å². The second-order valence-corrected chi connectivity index (χ2v) is 6.81. The van der Waals surface area contributed by atoms with Crippen LogP contribution in [0.15, 0.2) is 12.2 Å². The van der Waals surface area contributed by atoms with Crippen LogP contribution in [0, 0.1) is 23.2 Å². The molecule has 5 heteroatoms. The number of aliphatic hydroxyl groups excluding tert-OH is 1. The first-order valence-corrected chi connectivity index (χ1v) is 7.37. The monoisotopic (exact) mass is 296 g/mol. The molecule has 21 heavy (non-hydrogen) atoms. The van der Waals surface area contributed by atoms with Gasteiger partial charge in [0.1, 0.15) is 5.78 Å². The smallest absolute Gasteiger partial charge is 0.338 e. The van der Waals surface area contributed by atoms with Crippen LogP contribution in [0.1, 0.15) is 33.6 Å². The SMILES string of the molecule is COC(=O)[C@@](C)(O)[C@@H]1CC[C@@]2(C)[C@H](C1=O)[C@@H](C)C=C[C@@H]2O. The molecule has 2 N–H and O–H groups in total. The lowest BCUT2D eigenvalue weighted by atomic mass is 9.53. The molecule has 0 aliphatic heterocycles. The Bertz CT molecular complexity index is 481. The summed E-state index contributed by atoms with van der Waals surface area (Å²) in [5, 5.41) is 20.7. The molecule has 1 saturated carbocycles. The number of aliphatic hydroxyl groups is 2. The summed E-state index contributed by atoms with van der Waals surface area (Å²) in [6.07, 6.45) is 3.85. The number of carbonyl (C=O) groups excluding carboxylic acids is 2. The van der Waals surface area contributed by atoms with Crippen molar-refractivity contribution in [1.29, 1.82) is 0 Å². The predicted octanol–water partition coefficient (Wildman–Crippen LogP) is 1.08. The van der Waals surface area contributed by atoms with Crippen LogP contribution in [0.25, 0.3) is 0 Å². The largest absolute Gasteiger partial charge is 0.467 e. The van der Waals surface area contributed by atoms with Crippen LogP contribution in [-0.2, 0) is 14.3 Å². The molecule has 2 aliphatic rings. The van der Waals surface area contributed by atoms with Gasteiger partial charge in [-0.15, -0.1) is 0 Å². The second-order valence-electron chi connectivity index (χ2n) is 6.81. The van der Waals surface area contributed by atoms with Gasteiger partial charge in [-0.25, -0.2) is 4.79 Å². The Morgan fingerprint density at radius 3 is 2.67 bits per heavy atom. The number of ether oxygens (including phenoxy) is 1. The van der Waals surface area contributed by atoms with Crippen molar-refractivity contribution < 1.29 is 24.5 Å². The molecule has 0 saturated heterocycles. The van der Waals surface area contributed by atoms with Gasteiger partial charge in [0.2, 0.25) is 0 Å². The molecule has 0 amide bonds. The maximum absolute atomic E-state index is 12.9. The molecule has 2 aliphatic carbocycles. The fourth-order valence-corrected chi connectivity index (χ4v) is 4.00. The van der Waals surface area contributed by atoms with Crippen LogP contribution in [0.2, 0.25) is 0 Å². The molecule has 0 aromatic carbocycles. The number of fused-ring (bicyclic) bond motifs is 1. The number of methoxy groups -OCH3 is 1. The third-order valence-corrected chi connectivity index (χ3v) is 5.41. The Morgan fingerprint density at radius 2 is 2.10 bits per heavy atom. The molecule has 0 unspecified atom stereocenters. The molecule has 0 bridgehead atoms. The van der Waals surface area contributed by atoms with E-state index in [1.54, 1.807) is 6.08 Å². The van der Waals surface area contributed by atoms with Crippen molar-refractivity contribution in [3.63, 3.8) is 0 Å². The van der Waals surface area contributed by atoms with E-state index in [4.69, 9.17) is 0 Å². The minimum Gasteiger partial charge on any atom is -0.467 e. The van der Waals surface area contributed by atoms with Crippen molar-refractivity contribution in [3.05, 3.63) is 12.2 Å². The normalized spacial score (nSPS) is 42.1. The van der Waals surface area contributed by atoms with E-state index in [0.717, 1.165) is 0 Å². The summed E-state index contributed by atoms with van der Waals surface area (Å²) >= 11 is 0. The van der Waals surface area contributed by atoms with E-state index in [1.165, 1.54) is 14.0 Å². The Hall–Kier alpha value is -1.20. The average Bonchev–Trinajstić information content (AvgIpc) is 2.42. The highest BCUT2D eigenvalue weighted by Gasteiger charge is 2.57. The van der Waals surface area contributed by atoms with Gasteiger partial charge in [0.05, 0.1) is 19.1 Å². The topological polar surface area (TPSA) is 83.8 Å². The van der Waals surface area contributed by atoms with Crippen LogP contribution in [-0.4, -0.2) is 40.8 Å². The highest BCUT2D eigenvalue weighted by Crippen LogP contribution is 2.51. The van der Waals surface area contributed by atoms with Gasteiger partial charge in [0.25, 0.3) is 0 Å². The average molecular weight is 296 g/mol. The van der Waals surface area contributed by atoms with E-state index in [9.17, 15) is 19.8 Å². The fourth-order valence-electron chi connectivity index (χ4n) is 4.00. The van der Waals surface area contributed by atoms with Gasteiger partial charge >= 0.3 is 5.97 Å². The third kappa shape index (κ3) is 2.32. The van der Waals surface area contributed by atoms with Crippen LogP contribution >= 0.6 is 0 Å². The van der Waals surface area contributed by atoms with E-state index in [0.29, 0.717) is 12.8 Å². The Labute approximate surface area is 125 Å². The maximum atomic E-state index is 12.9. The van der Waals surface area contributed by atoms with E-state index in [1.807, 2.05) is 19.9 Å². The fraction of sp³-hybridized carbons (Fsp3) is 0.750. The summed E-state index contributed by atoms with van der Waals surface area (Å²) in [6, 6.07) is 0. The first-order chi connectivity index (χ1) is 9.66. The van der Waals surface area contributed by atoms with Crippen molar-refractivity contribution in [2.45, 2.75) is 45.3 Å². The molecule has 0 heterocycles. The lowest BCUT2D eigenvalue weighted by Crippen LogP contribution is -2.58. The highest BCUT2D eigenvalue weighted by molar-refractivity contribution is 5.93. The van der Waals surface area contributed by atoms with Crippen LogP contribution in [0.4, 0.5) is 0 Å². The lowest BCUT2D eigenvalue weighted by Gasteiger charge is -2.51. The number of carbonyl (C=O) groups is 2. The Morgan fingerprint density at radius 1 is 1.48 bits per heavy atom. The number of allylic oxidation sites excluding steroid dienone is 1. The van der Waals surface area contributed by atoms with Gasteiger partial charge in [-0.1, -0.05) is 26.0 Å². The van der Waals surface area contributed by atoms with Crippen molar-refractivity contribution in [3.8, 4) is 0 Å². The Balaban J connectivity index is 2.36. The first kappa shape index (κ1) is 16.2. The van der Waals surface area contributed by atoms with Gasteiger partial charge < -0.3 is 14.9 Å². The van der Waals surface area contributed by atoms with Crippen molar-refractivity contribution in [2.24, 2.45) is 23.2 Å². The molecule has 0 aromatic heterocycles. The summed E-state index contributed by atoms with van der Waals surface area (Å²) in [4.78, 5) is 24.7. The summed E-state index contributed by atoms with van der Waals surface area (Å²) in [5.74, 6) is -2.15. The minimum atomic E-state index is -1.82. The molecular weight excluding hydrogens is 272 g/mol. The highest BCUT2D eigenvalue weighted by atomic mass is 16.5. The van der Waals surface area contributed by atoms with Crippen molar-refractivity contribution in [1.82, 2.24) is 0 Å². The molecule has 118 valence electrons. The third-order valence-electron chi connectivity index (χ3n) is 5.41. The summed E-state index contributed by atoms with van der Waals surface area (Å²) in [6.45, 7) is 5.17. The Kier molecular flexibility index (Phi) is 4.02. The summed E-state index contributed by atoms with van der Waals surface area (Å²) in [7, 11) is 1.20. The van der Waals surface area contributed by atoms with Crippen LogP contribution in [0.3, 0.4) is 0 Å². The zero-order valence-electron chi connectivity index (χ0n) is 13.0. The molecule has 0 spiro atoms. The lowest BCUT2D eigenvalue weighted by molar-refractivity contribution is -0.177.